The summed E-state index contributed by atoms with van der Waals surface area (Å²) in [6, 6.07) is 5.67. The maximum atomic E-state index is 5.83. The Morgan fingerprint density at radius 2 is 2.00 bits per heavy atom. The number of aryl methyl sites for hydroxylation is 2. The third kappa shape index (κ3) is 3.66. The van der Waals surface area contributed by atoms with E-state index in [4.69, 9.17) is 5.73 Å². The standard InChI is InChI=1S/C16H20N6/c1-5-12(9-18-4)15-19-11(3)20-16(22-15)21-14-8-13(17)7-6-10(14)2/h5-9H,17H2,1-4H3,(H,19,20,21,22)/b12-5+,18-9?. The number of nitrogens with one attached hydrogen (secondary N) is 1. The normalized spacial score (nSPS) is 11.9. The summed E-state index contributed by atoms with van der Waals surface area (Å²) in [5, 5.41) is 3.20. The summed E-state index contributed by atoms with van der Waals surface area (Å²) in [4.78, 5) is 17.2. The Balaban J connectivity index is 2.40. The van der Waals surface area contributed by atoms with Crippen molar-refractivity contribution < 1.29 is 0 Å². The van der Waals surface area contributed by atoms with E-state index in [0.717, 1.165) is 16.8 Å². The third-order valence-electron chi connectivity index (χ3n) is 3.09. The molecule has 0 unspecified atom stereocenters. The molecule has 0 fully saturated rings. The first-order valence-corrected chi connectivity index (χ1v) is 6.98. The summed E-state index contributed by atoms with van der Waals surface area (Å²) in [5.74, 6) is 1.71. The largest absolute Gasteiger partial charge is 0.399 e. The van der Waals surface area contributed by atoms with Crippen LogP contribution >= 0.6 is 0 Å². The van der Waals surface area contributed by atoms with E-state index in [1.54, 1.807) is 13.3 Å². The molecule has 3 N–H and O–H groups in total. The van der Waals surface area contributed by atoms with Crippen molar-refractivity contribution in [2.24, 2.45) is 4.99 Å². The first kappa shape index (κ1) is 15.6. The Bertz CT molecular complexity index is 733. The minimum Gasteiger partial charge on any atom is -0.399 e. The lowest BCUT2D eigenvalue weighted by molar-refractivity contribution is 0.963. The highest BCUT2D eigenvalue weighted by molar-refractivity contribution is 6.08. The second-order valence-corrected chi connectivity index (χ2v) is 4.86. The average molecular weight is 296 g/mol. The lowest BCUT2D eigenvalue weighted by atomic mass is 10.2. The number of aliphatic imine (C=N–C) groups is 1. The minimum absolute atomic E-state index is 0.486. The van der Waals surface area contributed by atoms with Crippen molar-refractivity contribution in [2.75, 3.05) is 18.1 Å². The van der Waals surface area contributed by atoms with Gasteiger partial charge in [0.25, 0.3) is 0 Å². The third-order valence-corrected chi connectivity index (χ3v) is 3.09. The Hall–Kier alpha value is -2.76. The van der Waals surface area contributed by atoms with Crippen molar-refractivity contribution in [3.05, 3.63) is 41.5 Å². The number of allylic oxidation sites excluding steroid dienone is 2. The van der Waals surface area contributed by atoms with E-state index in [9.17, 15) is 0 Å². The van der Waals surface area contributed by atoms with E-state index < -0.39 is 0 Å². The van der Waals surface area contributed by atoms with E-state index in [0.29, 0.717) is 23.3 Å². The predicted octanol–water partition coefficient (Wildman–Crippen LogP) is 2.92. The zero-order valence-electron chi connectivity index (χ0n) is 13.3. The molecule has 1 heterocycles. The maximum Gasteiger partial charge on any atom is 0.231 e. The summed E-state index contributed by atoms with van der Waals surface area (Å²) >= 11 is 0. The molecular formula is C16H20N6. The number of nitrogens with two attached hydrogens (primary N) is 1. The van der Waals surface area contributed by atoms with E-state index in [1.165, 1.54) is 0 Å². The molecule has 114 valence electrons. The number of hydrogen-bond donors (Lipinski definition) is 2. The molecule has 2 aromatic rings. The number of nitrogen functional groups attached to an aromatic ring is 1. The molecule has 0 spiro atoms. The molecule has 0 atom stereocenters. The van der Waals surface area contributed by atoms with Crippen molar-refractivity contribution in [3.63, 3.8) is 0 Å². The van der Waals surface area contributed by atoms with Gasteiger partial charge >= 0.3 is 0 Å². The first-order chi connectivity index (χ1) is 10.5. The lowest BCUT2D eigenvalue weighted by Gasteiger charge is -2.10. The van der Waals surface area contributed by atoms with Crippen LogP contribution in [-0.4, -0.2) is 28.2 Å². The van der Waals surface area contributed by atoms with Crippen LogP contribution < -0.4 is 11.1 Å². The van der Waals surface area contributed by atoms with Crippen molar-refractivity contribution >= 4 is 29.1 Å². The van der Waals surface area contributed by atoms with Gasteiger partial charge in [0.1, 0.15) is 5.82 Å². The van der Waals surface area contributed by atoms with Gasteiger partial charge in [-0.15, -0.1) is 0 Å². The Morgan fingerprint density at radius 1 is 1.23 bits per heavy atom. The van der Waals surface area contributed by atoms with Gasteiger partial charge in [0.15, 0.2) is 5.82 Å². The lowest BCUT2D eigenvalue weighted by Crippen LogP contribution is -2.06. The van der Waals surface area contributed by atoms with Crippen LogP contribution in [0.1, 0.15) is 24.1 Å². The van der Waals surface area contributed by atoms with Crippen LogP contribution in [0.25, 0.3) is 5.57 Å². The number of anilines is 3. The first-order valence-electron chi connectivity index (χ1n) is 6.98. The van der Waals surface area contributed by atoms with E-state index >= 15 is 0 Å². The van der Waals surface area contributed by atoms with Gasteiger partial charge in [-0.2, -0.15) is 9.97 Å². The van der Waals surface area contributed by atoms with Crippen molar-refractivity contribution in [1.29, 1.82) is 0 Å². The van der Waals surface area contributed by atoms with E-state index in [-0.39, 0.29) is 0 Å². The summed E-state index contributed by atoms with van der Waals surface area (Å²) in [5.41, 5.74) is 9.31. The molecule has 22 heavy (non-hydrogen) atoms. The topological polar surface area (TPSA) is 89.1 Å². The van der Waals surface area contributed by atoms with Gasteiger partial charge < -0.3 is 11.1 Å². The molecule has 0 bridgehead atoms. The number of nitrogens with zero attached hydrogens (tertiary/aromatic N) is 4. The number of aromatic nitrogens is 3. The van der Waals surface area contributed by atoms with Crippen LogP contribution in [0.5, 0.6) is 0 Å². The van der Waals surface area contributed by atoms with Crippen LogP contribution in [0.4, 0.5) is 17.3 Å². The molecule has 6 heteroatoms. The SMILES string of the molecule is C/C=C(\C=NC)c1nc(C)nc(Nc2cc(N)ccc2C)n1. The zero-order valence-corrected chi connectivity index (χ0v) is 13.3. The van der Waals surface area contributed by atoms with Crippen LogP contribution in [0.2, 0.25) is 0 Å². The second-order valence-electron chi connectivity index (χ2n) is 4.86. The minimum atomic E-state index is 0.486. The van der Waals surface area contributed by atoms with Gasteiger partial charge in [-0.1, -0.05) is 12.1 Å². The molecule has 0 amide bonds. The number of rotatable bonds is 4. The van der Waals surface area contributed by atoms with Gasteiger partial charge in [0.05, 0.1) is 0 Å². The molecular weight excluding hydrogens is 276 g/mol. The Labute approximate surface area is 130 Å². The van der Waals surface area contributed by atoms with E-state index in [1.807, 2.05) is 45.0 Å². The van der Waals surface area contributed by atoms with Crippen molar-refractivity contribution in [1.82, 2.24) is 15.0 Å². The smallest absolute Gasteiger partial charge is 0.231 e. The number of benzene rings is 1. The molecule has 2 rings (SSSR count). The molecule has 0 saturated heterocycles. The fourth-order valence-corrected chi connectivity index (χ4v) is 1.96. The summed E-state index contributed by atoms with van der Waals surface area (Å²) in [6.07, 6.45) is 3.64. The van der Waals surface area contributed by atoms with Crippen molar-refractivity contribution in [2.45, 2.75) is 20.8 Å². The zero-order chi connectivity index (χ0) is 16.1. The monoisotopic (exact) mass is 296 g/mol. The maximum absolute atomic E-state index is 5.83. The second kappa shape index (κ2) is 6.80. The average Bonchev–Trinajstić information content (AvgIpc) is 2.48. The van der Waals surface area contributed by atoms with Crippen molar-refractivity contribution in [3.8, 4) is 0 Å². The van der Waals surface area contributed by atoms with Gasteiger partial charge in [-0.25, -0.2) is 4.98 Å². The highest BCUT2D eigenvalue weighted by atomic mass is 15.2. The number of hydrogen-bond acceptors (Lipinski definition) is 6. The molecule has 0 radical (unpaired) electrons. The van der Waals surface area contributed by atoms with Gasteiger partial charge in [-0.05, 0) is 38.5 Å². The Kier molecular flexibility index (Phi) is 4.83. The molecule has 0 aliphatic heterocycles. The molecule has 1 aromatic carbocycles. The highest BCUT2D eigenvalue weighted by Gasteiger charge is 2.08. The van der Waals surface area contributed by atoms with Crippen LogP contribution in [0.15, 0.2) is 29.3 Å². The van der Waals surface area contributed by atoms with E-state index in [2.05, 4.69) is 25.3 Å². The van der Waals surface area contributed by atoms with Gasteiger partial charge in [0.2, 0.25) is 5.95 Å². The molecule has 6 nitrogen and oxygen atoms in total. The highest BCUT2D eigenvalue weighted by Crippen LogP contribution is 2.21. The van der Waals surface area contributed by atoms with Crippen LogP contribution in [0, 0.1) is 13.8 Å². The van der Waals surface area contributed by atoms with Gasteiger partial charge in [0, 0.05) is 30.2 Å². The van der Waals surface area contributed by atoms with Crippen LogP contribution in [-0.2, 0) is 0 Å². The fourth-order valence-electron chi connectivity index (χ4n) is 1.96. The fraction of sp³-hybridized carbons (Fsp3) is 0.250. The molecule has 1 aromatic heterocycles. The molecule has 0 aliphatic carbocycles. The quantitative estimate of drug-likeness (QED) is 0.669. The summed E-state index contributed by atoms with van der Waals surface area (Å²) in [6.45, 7) is 5.75. The van der Waals surface area contributed by atoms with Crippen LogP contribution in [0.3, 0.4) is 0 Å². The summed E-state index contributed by atoms with van der Waals surface area (Å²) in [7, 11) is 1.72. The Morgan fingerprint density at radius 3 is 2.68 bits per heavy atom. The molecule has 0 saturated carbocycles. The molecule has 0 aliphatic rings. The van der Waals surface area contributed by atoms with Gasteiger partial charge in [-0.3, -0.25) is 4.99 Å². The summed E-state index contributed by atoms with van der Waals surface area (Å²) < 4.78 is 0. The predicted molar refractivity (Wildman–Crippen MR) is 91.5 cm³/mol.